The Morgan fingerprint density at radius 2 is 1.46 bits per heavy atom. The highest BCUT2D eigenvalue weighted by Crippen LogP contribution is 2.27. The van der Waals surface area contributed by atoms with Crippen molar-refractivity contribution >= 4 is 29.2 Å². The first-order valence-corrected chi connectivity index (χ1v) is 8.47. The Hall–Kier alpha value is -2.69. The van der Waals surface area contributed by atoms with E-state index in [-0.39, 0.29) is 6.61 Å². The molecule has 0 aromatic heterocycles. The van der Waals surface area contributed by atoms with Gasteiger partial charge in [-0.1, -0.05) is 41.4 Å². The molecule has 0 amide bonds. The maximum atomic E-state index is 11.9. The minimum Gasteiger partial charge on any atom is -0.480 e. The summed E-state index contributed by atoms with van der Waals surface area (Å²) in [5, 5.41) is 0.815. The second-order valence-electron chi connectivity index (χ2n) is 5.22. The van der Waals surface area contributed by atoms with E-state index < -0.39 is 5.97 Å². The van der Waals surface area contributed by atoms with Crippen LogP contribution in [0.1, 0.15) is 0 Å². The maximum Gasteiger partial charge on any atom is 0.349 e. The Morgan fingerprint density at radius 3 is 2.15 bits per heavy atom. The van der Waals surface area contributed by atoms with Crippen LogP contribution >= 0.6 is 23.2 Å². The van der Waals surface area contributed by atoms with Gasteiger partial charge in [0.15, 0.2) is 6.61 Å². The molecule has 132 valence electrons. The molecule has 6 heteroatoms. The van der Waals surface area contributed by atoms with E-state index in [2.05, 4.69) is 0 Å². The van der Waals surface area contributed by atoms with Crippen LogP contribution in [0.15, 0.2) is 72.8 Å². The van der Waals surface area contributed by atoms with E-state index in [0.717, 1.165) is 5.75 Å². The van der Waals surface area contributed by atoms with Crippen molar-refractivity contribution < 1.29 is 19.0 Å². The fourth-order valence-corrected chi connectivity index (χ4v) is 2.55. The van der Waals surface area contributed by atoms with Gasteiger partial charge >= 0.3 is 5.97 Å². The van der Waals surface area contributed by atoms with Crippen LogP contribution in [0.3, 0.4) is 0 Å². The molecule has 0 spiro atoms. The molecule has 0 unspecified atom stereocenters. The summed E-state index contributed by atoms with van der Waals surface area (Å²) in [6.45, 7) is -0.274. The molecular weight excluding hydrogens is 375 g/mol. The monoisotopic (exact) mass is 388 g/mol. The number of hydrogen-bond acceptors (Lipinski definition) is 4. The Morgan fingerprint density at radius 1 is 0.808 bits per heavy atom. The first kappa shape index (κ1) is 18.1. The van der Waals surface area contributed by atoms with Crippen LogP contribution in [0.4, 0.5) is 0 Å². The number of carbonyl (C=O) groups excluding carboxylic acids is 1. The summed E-state index contributed by atoms with van der Waals surface area (Å²) >= 11 is 11.8. The molecule has 0 aliphatic rings. The zero-order chi connectivity index (χ0) is 18.4. The van der Waals surface area contributed by atoms with Crippen LogP contribution < -0.4 is 14.2 Å². The Kier molecular flexibility index (Phi) is 6.00. The lowest BCUT2D eigenvalue weighted by Gasteiger charge is -2.09. The first-order chi connectivity index (χ1) is 12.6. The minimum atomic E-state index is -0.548. The van der Waals surface area contributed by atoms with E-state index >= 15 is 0 Å². The predicted octanol–water partition coefficient (Wildman–Crippen LogP) is 5.77. The van der Waals surface area contributed by atoms with E-state index in [1.165, 1.54) is 6.07 Å². The normalized spacial score (nSPS) is 10.2. The highest BCUT2D eigenvalue weighted by Gasteiger charge is 2.09. The average Bonchev–Trinajstić information content (AvgIpc) is 2.63. The van der Waals surface area contributed by atoms with E-state index in [0.29, 0.717) is 27.3 Å². The molecule has 0 saturated heterocycles. The lowest BCUT2D eigenvalue weighted by Crippen LogP contribution is -2.17. The number of hydrogen-bond donors (Lipinski definition) is 0. The lowest BCUT2D eigenvalue weighted by molar-refractivity contribution is -0.136. The minimum absolute atomic E-state index is 0.274. The Bertz CT molecular complexity index is 880. The first-order valence-electron chi connectivity index (χ1n) is 7.72. The van der Waals surface area contributed by atoms with Gasteiger partial charge in [-0.05, 0) is 54.6 Å². The third kappa shape index (κ3) is 5.15. The lowest BCUT2D eigenvalue weighted by atomic mass is 10.3. The molecular formula is C20H14Cl2O4. The molecule has 0 fully saturated rings. The van der Waals surface area contributed by atoms with Crippen LogP contribution in [0.25, 0.3) is 0 Å². The van der Waals surface area contributed by atoms with Crippen molar-refractivity contribution in [2.75, 3.05) is 6.61 Å². The highest BCUT2D eigenvalue weighted by molar-refractivity contribution is 6.35. The smallest absolute Gasteiger partial charge is 0.349 e. The summed E-state index contributed by atoms with van der Waals surface area (Å²) in [5.41, 5.74) is 0. The number of carbonyl (C=O) groups is 1. The van der Waals surface area contributed by atoms with Crippen molar-refractivity contribution in [1.29, 1.82) is 0 Å². The number of halogens is 2. The average molecular weight is 389 g/mol. The van der Waals surface area contributed by atoms with Gasteiger partial charge in [0.1, 0.15) is 23.0 Å². The Balaban J connectivity index is 1.52. The molecule has 26 heavy (non-hydrogen) atoms. The quantitative estimate of drug-likeness (QED) is 0.397. The summed E-state index contributed by atoms with van der Waals surface area (Å²) in [5.74, 6) is 1.57. The molecule has 3 aromatic carbocycles. The van der Waals surface area contributed by atoms with Crippen molar-refractivity contribution in [1.82, 2.24) is 0 Å². The van der Waals surface area contributed by atoms with Crippen LogP contribution in [0.2, 0.25) is 10.0 Å². The van der Waals surface area contributed by atoms with Crippen LogP contribution in [0.5, 0.6) is 23.0 Å². The second kappa shape index (κ2) is 8.61. The van der Waals surface area contributed by atoms with Crippen molar-refractivity contribution in [3.05, 3.63) is 82.8 Å². The summed E-state index contributed by atoms with van der Waals surface area (Å²) in [4.78, 5) is 11.9. The van der Waals surface area contributed by atoms with Crippen LogP contribution in [-0.4, -0.2) is 12.6 Å². The zero-order valence-corrected chi connectivity index (χ0v) is 15.0. The maximum absolute atomic E-state index is 11.9. The topological polar surface area (TPSA) is 44.8 Å². The van der Waals surface area contributed by atoms with Gasteiger partial charge in [-0.25, -0.2) is 4.79 Å². The van der Waals surface area contributed by atoms with Crippen molar-refractivity contribution in [3.8, 4) is 23.0 Å². The fourth-order valence-electron chi connectivity index (χ4n) is 2.09. The third-order valence-electron chi connectivity index (χ3n) is 3.27. The zero-order valence-electron chi connectivity index (χ0n) is 13.5. The number of para-hydroxylation sites is 1. The van der Waals surface area contributed by atoms with E-state index in [9.17, 15) is 4.79 Å². The molecule has 0 radical (unpaired) electrons. The second-order valence-corrected chi connectivity index (χ2v) is 6.07. The van der Waals surface area contributed by atoms with E-state index in [4.69, 9.17) is 37.4 Å². The molecule has 0 N–H and O–H groups in total. The molecule has 4 nitrogen and oxygen atoms in total. The van der Waals surface area contributed by atoms with Gasteiger partial charge in [-0.3, -0.25) is 0 Å². The van der Waals surface area contributed by atoms with Crippen LogP contribution in [-0.2, 0) is 4.79 Å². The van der Waals surface area contributed by atoms with Gasteiger partial charge in [0.2, 0.25) is 0 Å². The molecule has 0 saturated carbocycles. The molecule has 0 aliphatic carbocycles. The number of ether oxygens (including phenoxy) is 3. The highest BCUT2D eigenvalue weighted by atomic mass is 35.5. The van der Waals surface area contributed by atoms with Crippen molar-refractivity contribution in [2.45, 2.75) is 0 Å². The van der Waals surface area contributed by atoms with Gasteiger partial charge in [-0.2, -0.15) is 0 Å². The van der Waals surface area contributed by atoms with Crippen molar-refractivity contribution in [3.63, 3.8) is 0 Å². The number of esters is 1. The fraction of sp³-hybridized carbons (Fsp3) is 0.0500. The molecule has 3 aromatic rings. The van der Waals surface area contributed by atoms with Gasteiger partial charge in [0, 0.05) is 5.02 Å². The summed E-state index contributed by atoms with van der Waals surface area (Å²) in [6.07, 6.45) is 0. The summed E-state index contributed by atoms with van der Waals surface area (Å²) < 4.78 is 16.2. The SMILES string of the molecule is O=C(COc1ccc(Cl)cc1Cl)Oc1ccc(Oc2ccccc2)cc1. The van der Waals surface area contributed by atoms with Crippen LogP contribution in [0, 0.1) is 0 Å². The largest absolute Gasteiger partial charge is 0.480 e. The van der Waals surface area contributed by atoms with Gasteiger partial charge in [0.25, 0.3) is 0 Å². The third-order valence-corrected chi connectivity index (χ3v) is 3.80. The molecule has 0 heterocycles. The molecule has 0 atom stereocenters. The van der Waals surface area contributed by atoms with Gasteiger partial charge < -0.3 is 14.2 Å². The van der Waals surface area contributed by atoms with E-state index in [1.807, 2.05) is 30.3 Å². The summed E-state index contributed by atoms with van der Waals surface area (Å²) in [7, 11) is 0. The Labute approximate surface area is 160 Å². The van der Waals surface area contributed by atoms with Gasteiger partial charge in [-0.15, -0.1) is 0 Å². The van der Waals surface area contributed by atoms with Gasteiger partial charge in [0.05, 0.1) is 5.02 Å². The predicted molar refractivity (Wildman–Crippen MR) is 101 cm³/mol. The summed E-state index contributed by atoms with van der Waals surface area (Å²) in [6, 6.07) is 20.9. The van der Waals surface area contributed by atoms with Crippen molar-refractivity contribution in [2.24, 2.45) is 0 Å². The number of rotatable bonds is 6. The molecule has 0 aliphatic heterocycles. The standard InChI is InChI=1S/C20H14Cl2O4/c21-14-6-11-19(18(22)12-14)24-13-20(23)26-17-9-7-16(8-10-17)25-15-4-2-1-3-5-15/h1-12H,13H2. The molecule has 0 bridgehead atoms. The number of benzene rings is 3. The molecule has 3 rings (SSSR count). The van der Waals surface area contributed by atoms with E-state index in [1.54, 1.807) is 36.4 Å².